The van der Waals surface area contributed by atoms with Gasteiger partial charge in [0.2, 0.25) is 0 Å². The summed E-state index contributed by atoms with van der Waals surface area (Å²) in [6, 6.07) is 7.46. The number of amides is 1. The maximum absolute atomic E-state index is 12.7. The van der Waals surface area contributed by atoms with E-state index in [9.17, 15) is 4.79 Å². The van der Waals surface area contributed by atoms with Crippen LogP contribution in [0.5, 0.6) is 0 Å². The number of anilines is 1. The van der Waals surface area contributed by atoms with Crippen molar-refractivity contribution in [1.29, 1.82) is 0 Å². The van der Waals surface area contributed by atoms with Crippen LogP contribution in [0.25, 0.3) is 0 Å². The second-order valence-electron chi connectivity index (χ2n) is 8.87. The lowest BCUT2D eigenvalue weighted by atomic mass is 10.0. The van der Waals surface area contributed by atoms with Crippen LogP contribution in [0.1, 0.15) is 88.4 Å². The smallest absolute Gasteiger partial charge is 0.251 e. The Morgan fingerprint density at radius 3 is 2.07 bits per heavy atom. The molecule has 0 heterocycles. The molecular formula is C24H44BrN3O. The van der Waals surface area contributed by atoms with Crippen LogP contribution in [0.3, 0.4) is 0 Å². The molecule has 5 heteroatoms. The summed E-state index contributed by atoms with van der Waals surface area (Å²) in [7, 11) is 4.58. The third-order valence-corrected chi connectivity index (χ3v) is 5.58. The van der Waals surface area contributed by atoms with Gasteiger partial charge in [0.25, 0.3) is 5.91 Å². The summed E-state index contributed by atoms with van der Waals surface area (Å²) in [4.78, 5) is 12.7. The second-order valence-corrected chi connectivity index (χ2v) is 8.87. The van der Waals surface area contributed by atoms with Gasteiger partial charge in [-0.15, -0.1) is 0 Å². The SMILES string of the molecule is CCCCCCCCCC(CC[N+](C)(C)CCC)NC(=O)c1ccc(N)cc1.[Br-]. The first kappa shape index (κ1) is 27.9. The van der Waals surface area contributed by atoms with Crippen molar-refractivity contribution in [3.05, 3.63) is 29.8 Å². The molecule has 3 N–H and O–H groups in total. The van der Waals surface area contributed by atoms with Crippen molar-refractivity contribution in [2.24, 2.45) is 0 Å². The average molecular weight is 471 g/mol. The van der Waals surface area contributed by atoms with Crippen LogP contribution in [-0.4, -0.2) is 43.6 Å². The molecule has 1 aromatic rings. The number of carbonyl (C=O) groups excluding carboxylic acids is 1. The zero-order valence-electron chi connectivity index (χ0n) is 19.2. The lowest BCUT2D eigenvalue weighted by molar-refractivity contribution is -0.890. The number of hydrogen-bond donors (Lipinski definition) is 2. The Hall–Kier alpha value is -1.07. The molecule has 1 rings (SSSR count). The number of carbonyl (C=O) groups is 1. The molecule has 1 amide bonds. The van der Waals surface area contributed by atoms with Gasteiger partial charge < -0.3 is 32.5 Å². The molecule has 0 aliphatic rings. The molecule has 1 unspecified atom stereocenters. The normalized spacial score (nSPS) is 12.3. The van der Waals surface area contributed by atoms with Crippen molar-refractivity contribution in [1.82, 2.24) is 5.32 Å². The number of halogens is 1. The van der Waals surface area contributed by atoms with E-state index in [-0.39, 0.29) is 28.9 Å². The first-order valence-electron chi connectivity index (χ1n) is 11.4. The quantitative estimate of drug-likeness (QED) is 0.235. The number of benzene rings is 1. The monoisotopic (exact) mass is 469 g/mol. The number of rotatable bonds is 15. The molecule has 0 fully saturated rings. The summed E-state index contributed by atoms with van der Waals surface area (Å²) in [5.74, 6) is 0.0220. The Balaban J connectivity index is 0.00000784. The summed E-state index contributed by atoms with van der Waals surface area (Å²) < 4.78 is 1.02. The fourth-order valence-corrected chi connectivity index (χ4v) is 3.76. The Morgan fingerprint density at radius 2 is 1.48 bits per heavy atom. The van der Waals surface area contributed by atoms with Crippen LogP contribution in [0, 0.1) is 0 Å². The van der Waals surface area contributed by atoms with E-state index in [1.54, 1.807) is 12.1 Å². The predicted molar refractivity (Wildman–Crippen MR) is 121 cm³/mol. The van der Waals surface area contributed by atoms with Gasteiger partial charge in [0.15, 0.2) is 0 Å². The molecule has 0 spiro atoms. The third-order valence-electron chi connectivity index (χ3n) is 5.58. The minimum Gasteiger partial charge on any atom is -1.00 e. The number of hydrogen-bond acceptors (Lipinski definition) is 2. The van der Waals surface area contributed by atoms with Crippen LogP contribution in [0.2, 0.25) is 0 Å². The highest BCUT2D eigenvalue weighted by Gasteiger charge is 2.19. The maximum Gasteiger partial charge on any atom is 0.251 e. The Bertz CT molecular complexity index is 546. The number of nitrogens with one attached hydrogen (secondary N) is 1. The molecule has 0 aliphatic heterocycles. The molecule has 0 bridgehead atoms. The lowest BCUT2D eigenvalue weighted by Crippen LogP contribution is -3.00. The minimum absolute atomic E-state index is 0. The fourth-order valence-electron chi connectivity index (χ4n) is 3.76. The average Bonchev–Trinajstić information content (AvgIpc) is 2.65. The van der Waals surface area contributed by atoms with Gasteiger partial charge in [0.05, 0.1) is 27.2 Å². The standard InChI is InChI=1S/C24H43N3O.BrH/c1-5-7-8-9-10-11-12-13-23(18-20-27(3,4)19-6-2)26-24(28)21-14-16-22(25)17-15-21;/h14-17,23H,5-13,18-20H2,1-4H3,(H2-,25,26,28);1H. The van der Waals surface area contributed by atoms with E-state index >= 15 is 0 Å². The zero-order valence-corrected chi connectivity index (χ0v) is 20.8. The van der Waals surface area contributed by atoms with Gasteiger partial charge in [-0.25, -0.2) is 0 Å². The summed E-state index contributed by atoms with van der Waals surface area (Å²) in [6.45, 7) is 6.76. The van der Waals surface area contributed by atoms with Gasteiger partial charge in [0.1, 0.15) is 0 Å². The lowest BCUT2D eigenvalue weighted by Gasteiger charge is -2.31. The summed E-state index contributed by atoms with van der Waals surface area (Å²) in [5.41, 5.74) is 7.13. The van der Waals surface area contributed by atoms with Crippen LogP contribution in [-0.2, 0) is 0 Å². The van der Waals surface area contributed by atoms with Gasteiger partial charge in [-0.1, -0.05) is 58.8 Å². The number of nitrogens with two attached hydrogens (primary N) is 1. The highest BCUT2D eigenvalue weighted by molar-refractivity contribution is 5.94. The van der Waals surface area contributed by atoms with Crippen LogP contribution in [0.4, 0.5) is 5.69 Å². The van der Waals surface area contributed by atoms with E-state index < -0.39 is 0 Å². The highest BCUT2D eigenvalue weighted by atomic mass is 79.9. The molecule has 4 nitrogen and oxygen atoms in total. The van der Waals surface area contributed by atoms with Gasteiger partial charge in [-0.05, 0) is 37.1 Å². The van der Waals surface area contributed by atoms with Gasteiger partial charge >= 0.3 is 0 Å². The van der Waals surface area contributed by atoms with Crippen molar-refractivity contribution < 1.29 is 26.3 Å². The van der Waals surface area contributed by atoms with E-state index in [4.69, 9.17) is 5.73 Å². The highest BCUT2D eigenvalue weighted by Crippen LogP contribution is 2.14. The Kier molecular flexibility index (Phi) is 15.1. The molecule has 0 aromatic heterocycles. The van der Waals surface area contributed by atoms with E-state index in [0.717, 1.165) is 23.9 Å². The Morgan fingerprint density at radius 1 is 0.897 bits per heavy atom. The summed E-state index contributed by atoms with van der Waals surface area (Å²) >= 11 is 0. The van der Waals surface area contributed by atoms with Gasteiger partial charge in [0, 0.05) is 23.7 Å². The third kappa shape index (κ3) is 13.0. The zero-order chi connectivity index (χ0) is 20.8. The van der Waals surface area contributed by atoms with Crippen molar-refractivity contribution >= 4 is 11.6 Å². The van der Waals surface area contributed by atoms with Crippen molar-refractivity contribution in [2.45, 2.75) is 84.1 Å². The molecule has 1 aromatic carbocycles. The first-order chi connectivity index (χ1) is 13.4. The number of unbranched alkanes of at least 4 members (excludes halogenated alkanes) is 6. The van der Waals surface area contributed by atoms with E-state index in [2.05, 4.69) is 33.3 Å². The molecule has 168 valence electrons. The molecule has 0 saturated heterocycles. The fraction of sp³-hybridized carbons (Fsp3) is 0.708. The van der Waals surface area contributed by atoms with Crippen molar-refractivity contribution in [3.8, 4) is 0 Å². The van der Waals surface area contributed by atoms with Gasteiger partial charge in [-0.3, -0.25) is 4.79 Å². The van der Waals surface area contributed by atoms with Crippen LogP contribution < -0.4 is 28.0 Å². The largest absolute Gasteiger partial charge is 1.00 e. The van der Waals surface area contributed by atoms with Crippen molar-refractivity contribution in [3.63, 3.8) is 0 Å². The first-order valence-corrected chi connectivity index (χ1v) is 11.4. The number of quaternary nitrogens is 1. The van der Waals surface area contributed by atoms with E-state index in [0.29, 0.717) is 11.3 Å². The number of nitrogen functional groups attached to an aromatic ring is 1. The predicted octanol–water partition coefficient (Wildman–Crippen LogP) is 2.39. The van der Waals surface area contributed by atoms with Crippen molar-refractivity contribution in [2.75, 3.05) is 32.9 Å². The van der Waals surface area contributed by atoms with E-state index in [1.807, 2.05) is 12.1 Å². The minimum atomic E-state index is 0. The maximum atomic E-state index is 12.7. The molecule has 0 saturated carbocycles. The summed E-state index contributed by atoms with van der Waals surface area (Å²) in [5, 5.41) is 3.29. The molecular weight excluding hydrogens is 426 g/mol. The van der Waals surface area contributed by atoms with Crippen LogP contribution in [0.15, 0.2) is 24.3 Å². The molecule has 0 aliphatic carbocycles. The topological polar surface area (TPSA) is 55.1 Å². The molecule has 1 atom stereocenters. The van der Waals surface area contributed by atoms with E-state index in [1.165, 1.54) is 57.9 Å². The molecule has 29 heavy (non-hydrogen) atoms. The van der Waals surface area contributed by atoms with Crippen LogP contribution >= 0.6 is 0 Å². The summed E-state index contributed by atoms with van der Waals surface area (Å²) in [6.07, 6.45) is 12.4. The molecule has 0 radical (unpaired) electrons. The Labute approximate surface area is 190 Å². The van der Waals surface area contributed by atoms with Gasteiger partial charge in [-0.2, -0.15) is 0 Å². The number of nitrogens with zero attached hydrogens (tertiary/aromatic N) is 1. The second kappa shape index (κ2) is 15.7.